The monoisotopic (exact) mass is 329 g/mol. The van der Waals surface area contributed by atoms with Crippen LogP contribution in [0.15, 0.2) is 28.8 Å². The lowest BCUT2D eigenvalue weighted by molar-refractivity contribution is -0.137. The highest BCUT2D eigenvalue weighted by molar-refractivity contribution is 5.82. The lowest BCUT2D eigenvalue weighted by Gasteiger charge is -2.33. The van der Waals surface area contributed by atoms with E-state index in [4.69, 9.17) is 4.52 Å². The van der Waals surface area contributed by atoms with Crippen molar-refractivity contribution in [1.82, 2.24) is 15.0 Å². The molecular formula is C18H20FN3O2. The van der Waals surface area contributed by atoms with E-state index in [0.717, 1.165) is 32.2 Å². The lowest BCUT2D eigenvalue weighted by atomic mass is 10.0. The first-order valence-electron chi connectivity index (χ1n) is 8.53. The van der Waals surface area contributed by atoms with Crippen molar-refractivity contribution in [3.8, 4) is 11.4 Å². The number of carbonyl (C=O) groups is 1. The van der Waals surface area contributed by atoms with E-state index < -0.39 is 0 Å². The van der Waals surface area contributed by atoms with Crippen LogP contribution in [0.3, 0.4) is 0 Å². The van der Waals surface area contributed by atoms with E-state index in [-0.39, 0.29) is 23.7 Å². The zero-order valence-electron chi connectivity index (χ0n) is 13.6. The summed E-state index contributed by atoms with van der Waals surface area (Å²) in [5.74, 6) is 1.31. The van der Waals surface area contributed by atoms with Gasteiger partial charge in [0.1, 0.15) is 11.9 Å². The van der Waals surface area contributed by atoms with Crippen LogP contribution in [0.4, 0.5) is 4.39 Å². The average molecular weight is 329 g/mol. The van der Waals surface area contributed by atoms with E-state index in [1.54, 1.807) is 12.1 Å². The van der Waals surface area contributed by atoms with Crippen molar-refractivity contribution in [1.29, 1.82) is 0 Å². The largest absolute Gasteiger partial charge is 0.337 e. The molecule has 1 aromatic carbocycles. The molecule has 0 spiro atoms. The maximum atomic E-state index is 13.4. The molecule has 4 rings (SSSR count). The predicted molar refractivity (Wildman–Crippen MR) is 85.3 cm³/mol. The first-order valence-corrected chi connectivity index (χ1v) is 8.53. The molecule has 1 aliphatic carbocycles. The van der Waals surface area contributed by atoms with Gasteiger partial charge < -0.3 is 9.42 Å². The molecule has 2 fully saturated rings. The van der Waals surface area contributed by atoms with Gasteiger partial charge in [0.15, 0.2) is 0 Å². The molecule has 1 aliphatic heterocycles. The number of halogens is 1. The Balaban J connectivity index is 1.58. The minimum absolute atomic E-state index is 0.149. The van der Waals surface area contributed by atoms with Crippen molar-refractivity contribution in [3.05, 3.63) is 36.0 Å². The molecule has 1 saturated heterocycles. The molecule has 3 atom stereocenters. The molecule has 0 N–H and O–H groups in total. The summed E-state index contributed by atoms with van der Waals surface area (Å²) in [7, 11) is 0. The normalized spacial score (nSPS) is 26.4. The molecule has 0 radical (unpaired) electrons. The number of hydrogen-bond donors (Lipinski definition) is 0. The number of carbonyl (C=O) groups excluding carboxylic acids is 1. The average Bonchev–Trinajstić information content (AvgIpc) is 3.12. The van der Waals surface area contributed by atoms with Crippen molar-refractivity contribution in [2.75, 3.05) is 6.54 Å². The lowest BCUT2D eigenvalue weighted by Crippen LogP contribution is -2.39. The molecule has 1 amide bonds. The van der Waals surface area contributed by atoms with Crippen LogP contribution in [-0.4, -0.2) is 27.5 Å². The number of hydrogen-bond acceptors (Lipinski definition) is 4. The topological polar surface area (TPSA) is 59.2 Å². The Kier molecular flexibility index (Phi) is 3.82. The Morgan fingerprint density at radius 3 is 2.96 bits per heavy atom. The van der Waals surface area contributed by atoms with Gasteiger partial charge >= 0.3 is 0 Å². The molecule has 5 nitrogen and oxygen atoms in total. The molecule has 126 valence electrons. The summed E-state index contributed by atoms with van der Waals surface area (Å²) in [6, 6.07) is 5.96. The number of amides is 1. The third-order valence-electron chi connectivity index (χ3n) is 5.02. The van der Waals surface area contributed by atoms with Crippen LogP contribution in [-0.2, 0) is 4.79 Å². The summed E-state index contributed by atoms with van der Waals surface area (Å²) < 4.78 is 18.8. The first-order chi connectivity index (χ1) is 11.6. The van der Waals surface area contributed by atoms with E-state index >= 15 is 0 Å². The van der Waals surface area contributed by atoms with Crippen LogP contribution >= 0.6 is 0 Å². The quantitative estimate of drug-likeness (QED) is 0.863. The summed E-state index contributed by atoms with van der Waals surface area (Å²) in [5, 5.41) is 3.98. The van der Waals surface area contributed by atoms with Gasteiger partial charge in [-0.3, -0.25) is 4.79 Å². The molecule has 0 bridgehead atoms. The molecule has 2 heterocycles. The van der Waals surface area contributed by atoms with Gasteiger partial charge in [0.25, 0.3) is 0 Å². The second-order valence-corrected chi connectivity index (χ2v) is 6.83. The highest BCUT2D eigenvalue weighted by Gasteiger charge is 2.44. The van der Waals surface area contributed by atoms with E-state index in [1.165, 1.54) is 12.1 Å². The number of rotatable bonds is 3. The second-order valence-electron chi connectivity index (χ2n) is 6.83. The smallest absolute Gasteiger partial charge is 0.249 e. The van der Waals surface area contributed by atoms with Crippen molar-refractivity contribution in [3.63, 3.8) is 0 Å². The Hall–Kier alpha value is -2.24. The molecule has 24 heavy (non-hydrogen) atoms. The van der Waals surface area contributed by atoms with Crippen LogP contribution in [0.25, 0.3) is 11.4 Å². The van der Waals surface area contributed by atoms with Gasteiger partial charge in [0.05, 0.1) is 0 Å². The first kappa shape index (κ1) is 15.3. The number of nitrogens with zero attached hydrogens (tertiary/aromatic N) is 3. The van der Waals surface area contributed by atoms with Crippen LogP contribution < -0.4 is 0 Å². The van der Waals surface area contributed by atoms with Gasteiger partial charge in [-0.1, -0.05) is 24.2 Å². The van der Waals surface area contributed by atoms with E-state index in [2.05, 4.69) is 17.1 Å². The van der Waals surface area contributed by atoms with E-state index in [9.17, 15) is 9.18 Å². The molecule has 6 heteroatoms. The van der Waals surface area contributed by atoms with E-state index in [1.807, 2.05) is 4.90 Å². The maximum Gasteiger partial charge on any atom is 0.249 e. The Bertz CT molecular complexity index is 760. The SMILES string of the molecule is C[C@@H]1C[C@H]1C(=O)N1CCCC[C@@H]1c1nc(-c2cccc(F)c2)no1. The third kappa shape index (κ3) is 2.81. The predicted octanol–water partition coefficient (Wildman–Crippen LogP) is 3.59. The number of likely N-dealkylation sites (tertiary alicyclic amines) is 1. The zero-order chi connectivity index (χ0) is 16.7. The van der Waals surface area contributed by atoms with Gasteiger partial charge in [-0.05, 0) is 43.7 Å². The van der Waals surface area contributed by atoms with Crippen LogP contribution in [0.5, 0.6) is 0 Å². The standard InChI is InChI=1S/C18H20FN3O2/c1-11-9-14(11)18(23)22-8-3-2-7-15(22)17-20-16(21-24-17)12-5-4-6-13(19)10-12/h4-6,10-11,14-15H,2-3,7-9H2,1H3/t11-,14-,15-/m1/s1. The van der Waals surface area contributed by atoms with Crippen LogP contribution in [0, 0.1) is 17.7 Å². The summed E-state index contributed by atoms with van der Waals surface area (Å²) in [5.41, 5.74) is 0.578. The minimum Gasteiger partial charge on any atom is -0.337 e. The van der Waals surface area contributed by atoms with Crippen LogP contribution in [0.1, 0.15) is 44.5 Å². The van der Waals surface area contributed by atoms with Crippen molar-refractivity contribution < 1.29 is 13.7 Å². The molecule has 2 aromatic rings. The van der Waals surface area contributed by atoms with Gasteiger partial charge in [0.2, 0.25) is 17.6 Å². The molecular weight excluding hydrogens is 309 g/mol. The second kappa shape index (κ2) is 6.00. The number of aromatic nitrogens is 2. The minimum atomic E-state index is -0.337. The number of piperidine rings is 1. The Labute approximate surface area is 139 Å². The summed E-state index contributed by atoms with van der Waals surface area (Å²) in [6.07, 6.45) is 3.85. The summed E-state index contributed by atoms with van der Waals surface area (Å²) >= 11 is 0. The fourth-order valence-electron chi connectivity index (χ4n) is 3.45. The number of benzene rings is 1. The van der Waals surface area contributed by atoms with Crippen molar-refractivity contribution in [2.24, 2.45) is 11.8 Å². The van der Waals surface area contributed by atoms with Crippen molar-refractivity contribution in [2.45, 2.75) is 38.6 Å². The maximum absolute atomic E-state index is 13.4. The van der Waals surface area contributed by atoms with Gasteiger partial charge in [0, 0.05) is 18.0 Å². The highest BCUT2D eigenvalue weighted by atomic mass is 19.1. The Morgan fingerprint density at radius 2 is 2.21 bits per heavy atom. The van der Waals surface area contributed by atoms with Crippen LogP contribution in [0.2, 0.25) is 0 Å². The fraction of sp³-hybridized carbons (Fsp3) is 0.500. The molecule has 1 aromatic heterocycles. The fourth-order valence-corrected chi connectivity index (χ4v) is 3.45. The van der Waals surface area contributed by atoms with E-state index in [0.29, 0.717) is 23.2 Å². The van der Waals surface area contributed by atoms with Gasteiger partial charge in [-0.15, -0.1) is 0 Å². The van der Waals surface area contributed by atoms with Gasteiger partial charge in [-0.25, -0.2) is 4.39 Å². The summed E-state index contributed by atoms with van der Waals surface area (Å²) in [4.78, 5) is 19.0. The molecule has 0 unspecified atom stereocenters. The van der Waals surface area contributed by atoms with Gasteiger partial charge in [-0.2, -0.15) is 4.98 Å². The summed E-state index contributed by atoms with van der Waals surface area (Å²) in [6.45, 7) is 2.85. The highest BCUT2D eigenvalue weighted by Crippen LogP contribution is 2.42. The molecule has 1 saturated carbocycles. The third-order valence-corrected chi connectivity index (χ3v) is 5.02. The Morgan fingerprint density at radius 1 is 1.38 bits per heavy atom. The zero-order valence-corrected chi connectivity index (χ0v) is 13.6. The molecule has 2 aliphatic rings. The van der Waals surface area contributed by atoms with Crippen molar-refractivity contribution >= 4 is 5.91 Å².